The molecule has 158 valence electrons. The van der Waals surface area contributed by atoms with Gasteiger partial charge in [0.1, 0.15) is 0 Å². The zero-order valence-corrected chi connectivity index (χ0v) is 19.5. The molecule has 0 heterocycles. The summed E-state index contributed by atoms with van der Waals surface area (Å²) in [5, 5.41) is 4.55. The topological polar surface area (TPSA) is 24.4 Å². The molecule has 0 aromatic heterocycles. The highest BCUT2D eigenvalue weighted by Crippen LogP contribution is 2.29. The molecule has 3 heteroatoms. The SMILES string of the molecule is CC.CC=Nc1cc(Cc2ccc(CNC3CCC(C)CC3)cc2)c(Cl)cc1C. The van der Waals surface area contributed by atoms with Crippen molar-refractivity contribution in [2.45, 2.75) is 79.3 Å². The van der Waals surface area contributed by atoms with Crippen molar-refractivity contribution in [3.63, 3.8) is 0 Å². The van der Waals surface area contributed by atoms with Crippen LogP contribution in [0.5, 0.6) is 0 Å². The third-order valence-electron chi connectivity index (χ3n) is 5.66. The van der Waals surface area contributed by atoms with E-state index in [0.717, 1.165) is 40.7 Å². The molecule has 1 saturated carbocycles. The van der Waals surface area contributed by atoms with Crippen molar-refractivity contribution in [3.05, 3.63) is 63.7 Å². The number of aryl methyl sites for hydroxylation is 1. The van der Waals surface area contributed by atoms with Crippen LogP contribution in [0.2, 0.25) is 5.02 Å². The van der Waals surface area contributed by atoms with E-state index < -0.39 is 0 Å². The predicted octanol–water partition coefficient (Wildman–Crippen LogP) is 7.66. The summed E-state index contributed by atoms with van der Waals surface area (Å²) in [6.45, 7) is 11.3. The molecule has 0 atom stereocenters. The smallest absolute Gasteiger partial charge is 0.0658 e. The Bertz CT molecular complexity index is 772. The summed E-state index contributed by atoms with van der Waals surface area (Å²) in [5.74, 6) is 0.902. The monoisotopic (exact) mass is 412 g/mol. The molecule has 2 aromatic carbocycles. The van der Waals surface area contributed by atoms with Crippen molar-refractivity contribution < 1.29 is 0 Å². The summed E-state index contributed by atoms with van der Waals surface area (Å²) < 4.78 is 0. The van der Waals surface area contributed by atoms with Crippen molar-refractivity contribution in [2.24, 2.45) is 10.9 Å². The van der Waals surface area contributed by atoms with Crippen LogP contribution in [0.1, 0.15) is 75.6 Å². The van der Waals surface area contributed by atoms with Gasteiger partial charge in [-0.15, -0.1) is 0 Å². The van der Waals surface area contributed by atoms with Gasteiger partial charge in [-0.3, -0.25) is 4.99 Å². The van der Waals surface area contributed by atoms with Crippen LogP contribution in [-0.2, 0) is 13.0 Å². The Morgan fingerprint density at radius 1 is 1.03 bits per heavy atom. The molecule has 0 aliphatic heterocycles. The minimum absolute atomic E-state index is 0.685. The maximum Gasteiger partial charge on any atom is 0.0658 e. The van der Waals surface area contributed by atoms with Crippen molar-refractivity contribution in [2.75, 3.05) is 0 Å². The van der Waals surface area contributed by atoms with Crippen LogP contribution >= 0.6 is 11.6 Å². The Kier molecular flexibility index (Phi) is 9.90. The van der Waals surface area contributed by atoms with Gasteiger partial charge in [-0.1, -0.05) is 56.6 Å². The average molecular weight is 413 g/mol. The maximum absolute atomic E-state index is 6.47. The van der Waals surface area contributed by atoms with Crippen molar-refractivity contribution in [1.29, 1.82) is 0 Å². The van der Waals surface area contributed by atoms with Gasteiger partial charge in [-0.05, 0) is 86.3 Å². The van der Waals surface area contributed by atoms with Crippen molar-refractivity contribution >= 4 is 23.5 Å². The minimum Gasteiger partial charge on any atom is -0.310 e. The zero-order valence-electron chi connectivity index (χ0n) is 18.8. The van der Waals surface area contributed by atoms with E-state index >= 15 is 0 Å². The van der Waals surface area contributed by atoms with Crippen LogP contribution in [0.3, 0.4) is 0 Å². The number of hydrogen-bond donors (Lipinski definition) is 1. The summed E-state index contributed by atoms with van der Waals surface area (Å²) in [5.41, 5.74) is 5.87. The number of rotatable bonds is 6. The second kappa shape index (κ2) is 12.1. The van der Waals surface area contributed by atoms with Crippen LogP contribution < -0.4 is 5.32 Å². The van der Waals surface area contributed by atoms with Crippen LogP contribution in [0, 0.1) is 12.8 Å². The molecule has 0 amide bonds. The summed E-state index contributed by atoms with van der Waals surface area (Å²) in [7, 11) is 0. The maximum atomic E-state index is 6.47. The molecule has 0 spiro atoms. The van der Waals surface area contributed by atoms with Gasteiger partial charge in [-0.2, -0.15) is 0 Å². The first kappa shape index (κ1) is 23.6. The molecule has 29 heavy (non-hydrogen) atoms. The lowest BCUT2D eigenvalue weighted by atomic mass is 9.87. The lowest BCUT2D eigenvalue weighted by Gasteiger charge is -2.27. The van der Waals surface area contributed by atoms with Crippen molar-refractivity contribution in [3.8, 4) is 0 Å². The molecule has 2 nitrogen and oxygen atoms in total. The van der Waals surface area contributed by atoms with Crippen molar-refractivity contribution in [1.82, 2.24) is 5.32 Å². The van der Waals surface area contributed by atoms with E-state index in [1.165, 1.54) is 36.8 Å². The highest BCUT2D eigenvalue weighted by Gasteiger charge is 2.17. The average Bonchev–Trinajstić information content (AvgIpc) is 2.74. The van der Waals surface area contributed by atoms with Gasteiger partial charge in [-0.25, -0.2) is 0 Å². The second-order valence-electron chi connectivity index (χ2n) is 7.95. The summed E-state index contributed by atoms with van der Waals surface area (Å²) in [4.78, 5) is 4.45. The molecular formula is C26H37ClN2. The molecular weight excluding hydrogens is 376 g/mol. The number of halogens is 1. The molecule has 0 unspecified atom stereocenters. The Balaban J connectivity index is 0.00000145. The van der Waals surface area contributed by atoms with Gasteiger partial charge in [0, 0.05) is 23.8 Å². The molecule has 1 aliphatic carbocycles. The molecule has 1 N–H and O–H groups in total. The van der Waals surface area contributed by atoms with Gasteiger partial charge in [0.15, 0.2) is 0 Å². The second-order valence-corrected chi connectivity index (χ2v) is 8.36. The molecule has 3 rings (SSSR count). The van der Waals surface area contributed by atoms with Gasteiger partial charge >= 0.3 is 0 Å². The van der Waals surface area contributed by atoms with E-state index in [4.69, 9.17) is 11.6 Å². The summed E-state index contributed by atoms with van der Waals surface area (Å²) in [6, 6.07) is 13.7. The number of hydrogen-bond acceptors (Lipinski definition) is 2. The first-order valence-corrected chi connectivity index (χ1v) is 11.5. The van der Waals surface area contributed by atoms with E-state index in [2.05, 4.69) is 47.6 Å². The molecule has 0 radical (unpaired) electrons. The number of benzene rings is 2. The molecule has 2 aromatic rings. The minimum atomic E-state index is 0.685. The third kappa shape index (κ3) is 7.28. The normalized spacial score (nSPS) is 19.1. The van der Waals surface area contributed by atoms with Gasteiger partial charge in [0.2, 0.25) is 0 Å². The Labute approximate surface area is 182 Å². The fourth-order valence-corrected chi connectivity index (χ4v) is 4.12. The first-order valence-electron chi connectivity index (χ1n) is 11.1. The van der Waals surface area contributed by atoms with Crippen LogP contribution in [-0.4, -0.2) is 12.3 Å². The largest absolute Gasteiger partial charge is 0.310 e. The van der Waals surface area contributed by atoms with Gasteiger partial charge < -0.3 is 5.32 Å². The molecule has 1 fully saturated rings. The van der Waals surface area contributed by atoms with E-state index in [0.29, 0.717) is 6.04 Å². The fraction of sp³-hybridized carbons (Fsp3) is 0.500. The van der Waals surface area contributed by atoms with Crippen LogP contribution in [0.15, 0.2) is 41.4 Å². The Hall–Kier alpha value is -1.64. The number of nitrogens with zero attached hydrogens (tertiary/aromatic N) is 1. The Morgan fingerprint density at radius 3 is 2.28 bits per heavy atom. The van der Waals surface area contributed by atoms with E-state index in [-0.39, 0.29) is 0 Å². The van der Waals surface area contributed by atoms with Crippen LogP contribution in [0.4, 0.5) is 5.69 Å². The highest BCUT2D eigenvalue weighted by atomic mass is 35.5. The van der Waals surface area contributed by atoms with Crippen LogP contribution in [0.25, 0.3) is 0 Å². The lowest BCUT2D eigenvalue weighted by Crippen LogP contribution is -2.32. The molecule has 0 saturated heterocycles. The molecule has 1 aliphatic rings. The third-order valence-corrected chi connectivity index (χ3v) is 6.01. The zero-order chi connectivity index (χ0) is 21.2. The summed E-state index contributed by atoms with van der Waals surface area (Å²) in [6.07, 6.45) is 8.01. The highest BCUT2D eigenvalue weighted by molar-refractivity contribution is 6.31. The first-order chi connectivity index (χ1) is 14.0. The number of aliphatic imine (C=N–C) groups is 1. The Morgan fingerprint density at radius 2 is 1.66 bits per heavy atom. The lowest BCUT2D eigenvalue weighted by molar-refractivity contribution is 0.306. The molecule has 0 bridgehead atoms. The standard InChI is InChI=1S/C24H31ClN2.C2H6/c1-4-26-24-15-21(23(25)13-18(24)3)14-19-7-9-20(10-8-19)16-27-22-11-5-17(2)6-12-22;1-2/h4,7-10,13,15,17,22,27H,5-6,11-12,14,16H2,1-3H3;1-2H3. The quantitative estimate of drug-likeness (QED) is 0.484. The van der Waals surface area contributed by atoms with E-state index in [9.17, 15) is 0 Å². The number of nitrogens with one attached hydrogen (secondary N) is 1. The van der Waals surface area contributed by atoms with Gasteiger partial charge in [0.25, 0.3) is 0 Å². The van der Waals surface area contributed by atoms with Gasteiger partial charge in [0.05, 0.1) is 5.69 Å². The van der Waals surface area contributed by atoms with E-state index in [1.54, 1.807) is 0 Å². The van der Waals surface area contributed by atoms with E-state index in [1.807, 2.05) is 40.0 Å². The summed E-state index contributed by atoms with van der Waals surface area (Å²) >= 11 is 6.47. The predicted molar refractivity (Wildman–Crippen MR) is 129 cm³/mol. The fourth-order valence-electron chi connectivity index (χ4n) is 3.84.